The third-order valence-electron chi connectivity index (χ3n) is 5.39. The highest BCUT2D eigenvalue weighted by Gasteiger charge is 2.26. The van der Waals surface area contributed by atoms with Crippen LogP contribution >= 0.6 is 0 Å². The van der Waals surface area contributed by atoms with Crippen LogP contribution in [0.4, 0.5) is 4.39 Å². The Hall–Kier alpha value is -2.77. The lowest BCUT2D eigenvalue weighted by Gasteiger charge is -2.37. The molecule has 29 heavy (non-hydrogen) atoms. The minimum Gasteiger partial charge on any atom is -0.297 e. The number of hydrazine groups is 1. The topological polar surface area (TPSA) is 64.7 Å². The van der Waals surface area contributed by atoms with Crippen LogP contribution in [0.5, 0.6) is 0 Å². The number of rotatable bonds is 5. The van der Waals surface area contributed by atoms with E-state index in [4.69, 9.17) is 0 Å². The molecular formula is C22H27FN4O2. The van der Waals surface area contributed by atoms with E-state index in [1.54, 1.807) is 0 Å². The van der Waals surface area contributed by atoms with Crippen molar-refractivity contribution < 1.29 is 14.0 Å². The summed E-state index contributed by atoms with van der Waals surface area (Å²) >= 11 is 0. The molecule has 1 atom stereocenters. The molecule has 2 aromatic carbocycles. The first kappa shape index (κ1) is 21.0. The van der Waals surface area contributed by atoms with Crippen molar-refractivity contribution in [1.29, 1.82) is 0 Å². The summed E-state index contributed by atoms with van der Waals surface area (Å²) in [4.78, 5) is 28.9. The molecule has 1 heterocycles. The summed E-state index contributed by atoms with van der Waals surface area (Å²) in [6.45, 7) is 8.20. The first-order chi connectivity index (χ1) is 13.9. The van der Waals surface area contributed by atoms with Gasteiger partial charge in [0.2, 0.25) is 0 Å². The minimum atomic E-state index is -0.478. The van der Waals surface area contributed by atoms with Crippen molar-refractivity contribution in [1.82, 2.24) is 20.7 Å². The third kappa shape index (κ3) is 5.62. The second-order valence-corrected chi connectivity index (χ2v) is 7.36. The molecule has 7 heteroatoms. The molecule has 1 aliphatic rings. The van der Waals surface area contributed by atoms with Crippen LogP contribution < -0.4 is 10.9 Å². The molecule has 1 aliphatic heterocycles. The first-order valence-corrected chi connectivity index (χ1v) is 9.80. The second-order valence-electron chi connectivity index (χ2n) is 7.36. The smallest absolute Gasteiger partial charge is 0.269 e. The molecule has 2 amide bonds. The van der Waals surface area contributed by atoms with Crippen LogP contribution in [-0.4, -0.2) is 53.8 Å². The van der Waals surface area contributed by atoms with Crippen molar-refractivity contribution in [2.75, 3.05) is 26.2 Å². The van der Waals surface area contributed by atoms with E-state index in [2.05, 4.69) is 45.8 Å². The summed E-state index contributed by atoms with van der Waals surface area (Å²) in [6.07, 6.45) is 0. The number of aryl methyl sites for hydroxylation is 1. The summed E-state index contributed by atoms with van der Waals surface area (Å²) in [5.74, 6) is -1.16. The zero-order valence-electron chi connectivity index (χ0n) is 16.8. The first-order valence-electron chi connectivity index (χ1n) is 9.80. The molecular weight excluding hydrogens is 371 g/mol. The molecule has 3 rings (SSSR count). The summed E-state index contributed by atoms with van der Waals surface area (Å²) in [5, 5.41) is 0. The Morgan fingerprint density at radius 1 is 1.00 bits per heavy atom. The number of amides is 2. The molecule has 1 fully saturated rings. The van der Waals surface area contributed by atoms with Crippen LogP contribution in [0.1, 0.15) is 28.4 Å². The van der Waals surface area contributed by atoms with Crippen LogP contribution in [0.15, 0.2) is 48.5 Å². The van der Waals surface area contributed by atoms with Gasteiger partial charge in [-0.1, -0.05) is 24.3 Å². The fourth-order valence-electron chi connectivity index (χ4n) is 3.40. The van der Waals surface area contributed by atoms with Gasteiger partial charge in [0.1, 0.15) is 5.82 Å². The standard InChI is InChI=1S/C22H27FN4O2/c1-16-5-3-4-6-19(16)15-26-11-13-27(14-12-26)17(2)21(28)24-25-22(29)18-7-9-20(23)10-8-18/h3-10,17H,11-15H2,1-2H3,(H,24,28)(H,25,29)/t17-/m1/s1. The van der Waals surface area contributed by atoms with E-state index in [0.717, 1.165) is 32.7 Å². The van der Waals surface area contributed by atoms with Crippen LogP contribution in [0.3, 0.4) is 0 Å². The zero-order chi connectivity index (χ0) is 20.8. The van der Waals surface area contributed by atoms with Gasteiger partial charge in [0.05, 0.1) is 6.04 Å². The monoisotopic (exact) mass is 398 g/mol. The Morgan fingerprint density at radius 2 is 1.66 bits per heavy atom. The Labute approximate surface area is 170 Å². The van der Waals surface area contributed by atoms with Crippen molar-refractivity contribution in [2.24, 2.45) is 0 Å². The van der Waals surface area contributed by atoms with Crippen molar-refractivity contribution >= 4 is 11.8 Å². The largest absolute Gasteiger partial charge is 0.297 e. The van der Waals surface area contributed by atoms with Crippen LogP contribution in [0.2, 0.25) is 0 Å². The summed E-state index contributed by atoms with van der Waals surface area (Å²) < 4.78 is 12.9. The molecule has 154 valence electrons. The van der Waals surface area contributed by atoms with Crippen molar-refractivity contribution in [3.8, 4) is 0 Å². The van der Waals surface area contributed by atoms with E-state index in [9.17, 15) is 14.0 Å². The second kappa shape index (κ2) is 9.62. The van der Waals surface area contributed by atoms with E-state index in [1.807, 2.05) is 13.0 Å². The van der Waals surface area contributed by atoms with Gasteiger partial charge in [-0.2, -0.15) is 0 Å². The van der Waals surface area contributed by atoms with E-state index in [0.29, 0.717) is 0 Å². The predicted octanol–water partition coefficient (Wildman–Crippen LogP) is 2.10. The lowest BCUT2D eigenvalue weighted by atomic mass is 10.1. The molecule has 0 aromatic heterocycles. The molecule has 0 unspecified atom stereocenters. The summed E-state index contributed by atoms with van der Waals surface area (Å²) in [5.41, 5.74) is 7.75. The lowest BCUT2D eigenvalue weighted by Crippen LogP contribution is -2.56. The number of nitrogens with zero attached hydrogens (tertiary/aromatic N) is 2. The van der Waals surface area contributed by atoms with E-state index in [-0.39, 0.29) is 17.5 Å². The molecule has 0 aliphatic carbocycles. The molecule has 0 saturated carbocycles. The van der Waals surface area contributed by atoms with Crippen molar-refractivity contribution in [3.05, 3.63) is 71.0 Å². The number of piperazine rings is 1. The van der Waals surface area contributed by atoms with Crippen LogP contribution in [0, 0.1) is 12.7 Å². The Bertz CT molecular complexity index is 848. The van der Waals surface area contributed by atoms with Gasteiger partial charge in [-0.25, -0.2) is 4.39 Å². The molecule has 1 saturated heterocycles. The predicted molar refractivity (Wildman–Crippen MR) is 109 cm³/mol. The average Bonchev–Trinajstić information content (AvgIpc) is 2.74. The maximum Gasteiger partial charge on any atom is 0.269 e. The van der Waals surface area contributed by atoms with Gasteiger partial charge in [-0.05, 0) is 49.2 Å². The van der Waals surface area contributed by atoms with Gasteiger partial charge in [-0.15, -0.1) is 0 Å². The molecule has 6 nitrogen and oxygen atoms in total. The number of hydrogen-bond donors (Lipinski definition) is 2. The Balaban J connectivity index is 1.44. The highest BCUT2D eigenvalue weighted by molar-refractivity contribution is 5.95. The molecule has 2 aromatic rings. The van der Waals surface area contributed by atoms with Crippen molar-refractivity contribution in [3.63, 3.8) is 0 Å². The molecule has 2 N–H and O–H groups in total. The van der Waals surface area contributed by atoms with E-state index in [1.165, 1.54) is 35.4 Å². The SMILES string of the molecule is Cc1ccccc1CN1CCN([C@H](C)C(=O)NNC(=O)c2ccc(F)cc2)CC1. The van der Waals surface area contributed by atoms with Gasteiger partial charge in [0.15, 0.2) is 0 Å². The number of halogens is 1. The quantitative estimate of drug-likeness (QED) is 0.758. The van der Waals surface area contributed by atoms with Gasteiger partial charge < -0.3 is 0 Å². The van der Waals surface area contributed by atoms with Gasteiger partial charge in [0.25, 0.3) is 11.8 Å². The maximum absolute atomic E-state index is 12.9. The maximum atomic E-state index is 12.9. The number of nitrogens with one attached hydrogen (secondary N) is 2. The minimum absolute atomic E-state index is 0.271. The van der Waals surface area contributed by atoms with Crippen molar-refractivity contribution in [2.45, 2.75) is 26.4 Å². The molecule has 0 radical (unpaired) electrons. The molecule has 0 bridgehead atoms. The number of carbonyl (C=O) groups is 2. The highest BCUT2D eigenvalue weighted by Crippen LogP contribution is 2.13. The van der Waals surface area contributed by atoms with E-state index >= 15 is 0 Å². The normalized spacial score (nSPS) is 16.2. The highest BCUT2D eigenvalue weighted by atomic mass is 19.1. The van der Waals surface area contributed by atoms with Gasteiger partial charge in [0, 0.05) is 38.3 Å². The van der Waals surface area contributed by atoms with E-state index < -0.39 is 11.7 Å². The summed E-state index contributed by atoms with van der Waals surface area (Å²) in [6, 6.07) is 13.2. The lowest BCUT2D eigenvalue weighted by molar-refractivity contribution is -0.127. The Morgan fingerprint density at radius 3 is 2.31 bits per heavy atom. The number of hydrogen-bond acceptors (Lipinski definition) is 4. The van der Waals surface area contributed by atoms with Gasteiger partial charge in [-0.3, -0.25) is 30.2 Å². The Kier molecular flexibility index (Phi) is 6.95. The van der Waals surface area contributed by atoms with Crippen LogP contribution in [0.25, 0.3) is 0 Å². The summed E-state index contributed by atoms with van der Waals surface area (Å²) in [7, 11) is 0. The fraction of sp³-hybridized carbons (Fsp3) is 0.364. The number of carbonyl (C=O) groups excluding carboxylic acids is 2. The van der Waals surface area contributed by atoms with Crippen LogP contribution in [-0.2, 0) is 11.3 Å². The average molecular weight is 398 g/mol. The zero-order valence-corrected chi connectivity index (χ0v) is 16.8. The fourth-order valence-corrected chi connectivity index (χ4v) is 3.40. The third-order valence-corrected chi connectivity index (χ3v) is 5.39. The molecule has 0 spiro atoms. The van der Waals surface area contributed by atoms with Gasteiger partial charge >= 0.3 is 0 Å². The number of benzene rings is 2.